The summed E-state index contributed by atoms with van der Waals surface area (Å²) >= 11 is 5.58. The summed E-state index contributed by atoms with van der Waals surface area (Å²) in [7, 11) is 0. The van der Waals surface area contributed by atoms with Gasteiger partial charge >= 0.3 is 0 Å². The highest BCUT2D eigenvalue weighted by Crippen LogP contribution is 2.28. The molecule has 3 unspecified atom stereocenters. The highest BCUT2D eigenvalue weighted by atomic mass is 35.5. The summed E-state index contributed by atoms with van der Waals surface area (Å²) in [5.41, 5.74) is 0.419. The monoisotopic (exact) mass is 415 g/mol. The van der Waals surface area contributed by atoms with Crippen LogP contribution in [0.3, 0.4) is 0 Å². The molecular formula is C18H23ClFN3O5. The van der Waals surface area contributed by atoms with E-state index in [4.69, 9.17) is 26.2 Å². The molecule has 10 heteroatoms. The summed E-state index contributed by atoms with van der Waals surface area (Å²) in [6, 6.07) is 3.43. The number of hydrogen-bond donors (Lipinski definition) is 2. The number of halogens is 2. The van der Waals surface area contributed by atoms with Gasteiger partial charge in [-0.1, -0.05) is 18.2 Å². The lowest BCUT2D eigenvalue weighted by molar-refractivity contribution is -0.392. The van der Waals surface area contributed by atoms with Gasteiger partial charge in [-0.3, -0.25) is 9.59 Å². The van der Waals surface area contributed by atoms with Gasteiger partial charge in [0, 0.05) is 24.7 Å². The molecule has 0 spiro atoms. The van der Waals surface area contributed by atoms with E-state index in [0.717, 1.165) is 6.07 Å². The zero-order valence-corrected chi connectivity index (χ0v) is 16.4. The van der Waals surface area contributed by atoms with Crippen LogP contribution in [-0.2, 0) is 19.5 Å². The van der Waals surface area contributed by atoms with E-state index in [-0.39, 0.29) is 29.3 Å². The van der Waals surface area contributed by atoms with Crippen LogP contribution in [0.5, 0.6) is 5.75 Å². The van der Waals surface area contributed by atoms with Crippen LogP contribution in [-0.4, -0.2) is 48.7 Å². The number of carbonyl (C=O) groups excluding carboxylic acids is 2. The number of rotatable bonds is 11. The van der Waals surface area contributed by atoms with E-state index >= 15 is 0 Å². The maximum atomic E-state index is 13.3. The molecule has 154 valence electrons. The van der Waals surface area contributed by atoms with Crippen molar-refractivity contribution in [2.45, 2.75) is 32.4 Å². The Morgan fingerprint density at radius 1 is 1.39 bits per heavy atom. The van der Waals surface area contributed by atoms with E-state index in [0.29, 0.717) is 25.3 Å². The first-order chi connectivity index (χ1) is 13.3. The van der Waals surface area contributed by atoms with Gasteiger partial charge < -0.3 is 15.4 Å². The lowest BCUT2D eigenvalue weighted by Gasteiger charge is -2.10. The topological polar surface area (TPSA) is 88.9 Å². The van der Waals surface area contributed by atoms with E-state index in [1.807, 2.05) is 6.92 Å². The fraction of sp³-hybridized carbons (Fsp3) is 0.444. The van der Waals surface area contributed by atoms with Crippen molar-refractivity contribution in [3.05, 3.63) is 41.3 Å². The summed E-state index contributed by atoms with van der Waals surface area (Å²) in [4.78, 5) is 33.6. The number of amides is 2. The predicted molar refractivity (Wildman–Crippen MR) is 99.6 cm³/mol. The quantitative estimate of drug-likeness (QED) is 0.326. The molecule has 0 aromatic heterocycles. The molecule has 28 heavy (non-hydrogen) atoms. The molecular weight excluding hydrogens is 393 g/mol. The van der Waals surface area contributed by atoms with E-state index in [1.54, 1.807) is 6.92 Å². The molecule has 1 aromatic rings. The lowest BCUT2D eigenvalue weighted by atomic mass is 10.3. The first-order valence-electron chi connectivity index (χ1n) is 8.74. The number of hydrogen-bond acceptors (Lipinski definition) is 6. The highest BCUT2D eigenvalue weighted by molar-refractivity contribution is 6.30. The van der Waals surface area contributed by atoms with Crippen molar-refractivity contribution in [1.82, 2.24) is 15.7 Å². The Morgan fingerprint density at radius 2 is 2.14 bits per heavy atom. The first-order valence-corrected chi connectivity index (χ1v) is 9.12. The third kappa shape index (κ3) is 6.45. The molecule has 0 aliphatic carbocycles. The second-order valence-electron chi connectivity index (χ2n) is 6.08. The van der Waals surface area contributed by atoms with Gasteiger partial charge in [0.1, 0.15) is 17.6 Å². The largest absolute Gasteiger partial charge is 0.484 e. The predicted octanol–water partition coefficient (Wildman–Crippen LogP) is 1.95. The Bertz CT molecular complexity index is 733. The molecule has 1 aromatic carbocycles. The number of ether oxygens (including phenoxy) is 1. The van der Waals surface area contributed by atoms with Gasteiger partial charge in [-0.2, -0.15) is 0 Å². The molecule has 8 nitrogen and oxygen atoms in total. The van der Waals surface area contributed by atoms with Crippen LogP contribution in [0, 0.1) is 5.82 Å². The smallest absolute Gasteiger partial charge is 0.262 e. The van der Waals surface area contributed by atoms with E-state index < -0.39 is 17.8 Å². The zero-order chi connectivity index (χ0) is 20.7. The fourth-order valence-corrected chi connectivity index (χ4v) is 2.45. The van der Waals surface area contributed by atoms with Gasteiger partial charge in [-0.25, -0.2) is 9.28 Å². The van der Waals surface area contributed by atoms with E-state index in [9.17, 15) is 14.0 Å². The molecule has 2 rings (SSSR count). The van der Waals surface area contributed by atoms with Crippen LogP contribution >= 0.6 is 11.6 Å². The Kier molecular flexibility index (Phi) is 8.18. The van der Waals surface area contributed by atoms with Crippen LogP contribution < -0.4 is 15.4 Å². The fourth-order valence-electron chi connectivity index (χ4n) is 2.34. The Balaban J connectivity index is 1.62. The Labute approximate surface area is 167 Å². The molecule has 0 radical (unpaired) electrons. The SMILES string of the molecule is C=C(CCNC(=O)C1C(C)N1OOCC)NC(=O)COc1ccc(Cl)c(F)c1. The summed E-state index contributed by atoms with van der Waals surface area (Å²) in [6.07, 6.45) is 0.348. The van der Waals surface area contributed by atoms with Crippen LogP contribution in [0.2, 0.25) is 5.02 Å². The zero-order valence-electron chi connectivity index (χ0n) is 15.7. The standard InChI is InChI=1S/C18H23ClFN3O5/c1-4-27-28-23-12(3)17(23)18(25)21-8-7-11(2)22-16(24)10-26-13-5-6-14(19)15(20)9-13/h5-6,9,12,17H,2,4,7-8,10H2,1,3H3,(H,21,25)(H,22,24). The molecule has 1 fully saturated rings. The molecule has 1 heterocycles. The molecule has 3 atom stereocenters. The molecule has 1 saturated heterocycles. The van der Waals surface area contributed by atoms with Gasteiger partial charge in [0.25, 0.3) is 5.91 Å². The van der Waals surface area contributed by atoms with Crippen molar-refractivity contribution < 1.29 is 28.6 Å². The summed E-state index contributed by atoms with van der Waals surface area (Å²) in [5, 5.41) is 6.72. The Morgan fingerprint density at radius 3 is 2.82 bits per heavy atom. The molecule has 1 aliphatic heterocycles. The molecule has 2 N–H and O–H groups in total. The third-order valence-corrected chi connectivity index (χ3v) is 4.18. The van der Waals surface area contributed by atoms with Gasteiger partial charge in [0.15, 0.2) is 6.61 Å². The maximum absolute atomic E-state index is 13.3. The van der Waals surface area contributed by atoms with Gasteiger partial charge in [-0.15, -0.1) is 10.1 Å². The summed E-state index contributed by atoms with van der Waals surface area (Å²) in [6.45, 7) is 7.73. The molecule has 0 bridgehead atoms. The number of carbonyl (C=O) groups is 2. The second-order valence-corrected chi connectivity index (χ2v) is 6.49. The van der Waals surface area contributed by atoms with E-state index in [2.05, 4.69) is 17.2 Å². The molecule has 0 saturated carbocycles. The van der Waals surface area contributed by atoms with Crippen LogP contribution in [0.1, 0.15) is 20.3 Å². The van der Waals surface area contributed by atoms with Crippen molar-refractivity contribution in [2.24, 2.45) is 0 Å². The lowest BCUT2D eigenvalue weighted by Crippen LogP contribution is -2.33. The minimum absolute atomic E-state index is 0.0274. The van der Waals surface area contributed by atoms with Gasteiger partial charge in [0.05, 0.1) is 17.7 Å². The van der Waals surface area contributed by atoms with E-state index in [1.165, 1.54) is 17.2 Å². The van der Waals surface area contributed by atoms with Gasteiger partial charge in [-0.05, 0) is 26.0 Å². The average molecular weight is 416 g/mol. The van der Waals surface area contributed by atoms with Crippen molar-refractivity contribution in [3.8, 4) is 5.75 Å². The maximum Gasteiger partial charge on any atom is 0.262 e. The second kappa shape index (κ2) is 10.4. The van der Waals surface area contributed by atoms with Crippen molar-refractivity contribution in [3.63, 3.8) is 0 Å². The summed E-state index contributed by atoms with van der Waals surface area (Å²) in [5.74, 6) is -1.08. The minimum Gasteiger partial charge on any atom is -0.484 e. The first kappa shape index (κ1) is 22.1. The average Bonchev–Trinajstić information content (AvgIpc) is 3.30. The molecule has 2 amide bonds. The van der Waals surface area contributed by atoms with Gasteiger partial charge in [0.2, 0.25) is 5.91 Å². The number of nitrogens with one attached hydrogen (secondary N) is 2. The molecule has 1 aliphatic rings. The van der Waals surface area contributed by atoms with Crippen LogP contribution in [0.15, 0.2) is 30.5 Å². The van der Waals surface area contributed by atoms with Crippen molar-refractivity contribution >= 4 is 23.4 Å². The van der Waals surface area contributed by atoms with Crippen LogP contribution in [0.25, 0.3) is 0 Å². The number of nitrogens with zero attached hydrogens (tertiary/aromatic N) is 1. The Hall–Kier alpha value is -2.20. The summed E-state index contributed by atoms with van der Waals surface area (Å²) < 4.78 is 18.5. The highest BCUT2D eigenvalue weighted by Gasteiger charge is 2.52. The number of benzene rings is 1. The van der Waals surface area contributed by atoms with Crippen molar-refractivity contribution in [2.75, 3.05) is 19.8 Å². The normalized spacial score (nSPS) is 20.4. The van der Waals surface area contributed by atoms with Crippen LogP contribution in [0.4, 0.5) is 4.39 Å². The number of hydroxylamine groups is 2. The minimum atomic E-state index is -0.630. The van der Waals surface area contributed by atoms with Crippen molar-refractivity contribution in [1.29, 1.82) is 0 Å². The third-order valence-electron chi connectivity index (χ3n) is 3.87.